The number of rotatable bonds is 5. The number of hydrogen-bond donors (Lipinski definition) is 0. The van der Waals surface area contributed by atoms with Crippen molar-refractivity contribution in [1.82, 2.24) is 13.7 Å². The minimum absolute atomic E-state index is 0.00232. The molecule has 0 aliphatic carbocycles. The van der Waals surface area contributed by atoms with Crippen LogP contribution in [0.25, 0.3) is 5.65 Å². The molecule has 8 nitrogen and oxygen atoms in total. The van der Waals surface area contributed by atoms with Crippen molar-refractivity contribution in [2.75, 3.05) is 14.1 Å². The van der Waals surface area contributed by atoms with E-state index < -0.39 is 16.0 Å². The molecule has 0 bridgehead atoms. The minimum Gasteiger partial charge on any atom is -0.456 e. The highest BCUT2D eigenvalue weighted by Crippen LogP contribution is 2.19. The van der Waals surface area contributed by atoms with Crippen molar-refractivity contribution in [3.63, 3.8) is 0 Å². The second-order valence-electron chi connectivity index (χ2n) is 6.86. The first-order valence-electron chi connectivity index (χ1n) is 8.79. The fourth-order valence-electron chi connectivity index (χ4n) is 2.74. The summed E-state index contributed by atoms with van der Waals surface area (Å²) in [5.74, 6) is -0.691. The number of carbonyl (C=O) groups excluding carboxylic acids is 1. The van der Waals surface area contributed by atoms with Crippen LogP contribution in [-0.2, 0) is 21.4 Å². The summed E-state index contributed by atoms with van der Waals surface area (Å²) in [4.78, 5) is 29.1. The molecular formula is C20H21N3O5S. The van der Waals surface area contributed by atoms with Crippen molar-refractivity contribution < 1.29 is 17.9 Å². The molecule has 9 heteroatoms. The normalized spacial score (nSPS) is 11.8. The van der Waals surface area contributed by atoms with Gasteiger partial charge in [0.1, 0.15) is 12.3 Å². The van der Waals surface area contributed by atoms with Gasteiger partial charge in [-0.25, -0.2) is 22.5 Å². The van der Waals surface area contributed by atoms with Crippen molar-refractivity contribution >= 4 is 21.6 Å². The number of fused-ring (bicyclic) bond motifs is 1. The Bertz CT molecular complexity index is 1260. The molecule has 29 heavy (non-hydrogen) atoms. The van der Waals surface area contributed by atoms with E-state index in [0.717, 1.165) is 9.87 Å². The molecule has 152 valence electrons. The summed E-state index contributed by atoms with van der Waals surface area (Å²) in [6.07, 6.45) is 1.68. The summed E-state index contributed by atoms with van der Waals surface area (Å²) in [7, 11) is -0.851. The summed E-state index contributed by atoms with van der Waals surface area (Å²) in [6.45, 7) is 3.35. The number of pyridine rings is 1. The molecular weight excluding hydrogens is 394 g/mol. The van der Waals surface area contributed by atoms with Gasteiger partial charge in [-0.3, -0.25) is 9.20 Å². The summed E-state index contributed by atoms with van der Waals surface area (Å²) in [5, 5.41) is 0. The van der Waals surface area contributed by atoms with Gasteiger partial charge >= 0.3 is 5.97 Å². The van der Waals surface area contributed by atoms with Crippen molar-refractivity contribution in [2.24, 2.45) is 0 Å². The van der Waals surface area contributed by atoms with Crippen LogP contribution < -0.4 is 5.56 Å². The Hall–Kier alpha value is -3.04. The maximum Gasteiger partial charge on any atom is 0.338 e. The van der Waals surface area contributed by atoms with Crippen LogP contribution >= 0.6 is 0 Å². The van der Waals surface area contributed by atoms with Crippen molar-refractivity contribution in [3.05, 3.63) is 75.3 Å². The zero-order chi connectivity index (χ0) is 21.3. The molecule has 0 saturated heterocycles. The molecule has 0 aliphatic rings. The summed E-state index contributed by atoms with van der Waals surface area (Å²) in [6, 6.07) is 9.13. The van der Waals surface area contributed by atoms with Gasteiger partial charge in [0.15, 0.2) is 0 Å². The second-order valence-corrected chi connectivity index (χ2v) is 9.01. The quantitative estimate of drug-likeness (QED) is 0.591. The van der Waals surface area contributed by atoms with E-state index in [1.165, 1.54) is 36.7 Å². The van der Waals surface area contributed by atoms with Gasteiger partial charge < -0.3 is 4.74 Å². The van der Waals surface area contributed by atoms with E-state index in [0.29, 0.717) is 16.9 Å². The third kappa shape index (κ3) is 4.20. The van der Waals surface area contributed by atoms with Crippen LogP contribution in [0.4, 0.5) is 0 Å². The predicted octanol–water partition coefficient (Wildman–Crippen LogP) is 1.92. The van der Waals surface area contributed by atoms with Crippen LogP contribution in [0.3, 0.4) is 0 Å². The molecule has 0 fully saturated rings. The Labute approximate surface area is 168 Å². The molecule has 1 aromatic carbocycles. The largest absolute Gasteiger partial charge is 0.456 e. The highest BCUT2D eigenvalue weighted by Gasteiger charge is 2.21. The zero-order valence-electron chi connectivity index (χ0n) is 16.5. The number of nitrogens with zero attached hydrogens (tertiary/aromatic N) is 3. The SMILES string of the molecule is Cc1ccc2nc(COC(=O)c3cc(S(=O)(=O)N(C)C)ccc3C)cc(=O)n2c1. The molecule has 3 rings (SSSR count). The van der Waals surface area contributed by atoms with Gasteiger partial charge in [0.25, 0.3) is 5.56 Å². The van der Waals surface area contributed by atoms with Crippen molar-refractivity contribution in [3.8, 4) is 0 Å². The van der Waals surface area contributed by atoms with Gasteiger partial charge in [0, 0.05) is 26.4 Å². The second kappa shape index (κ2) is 7.76. The lowest BCUT2D eigenvalue weighted by atomic mass is 10.1. The Morgan fingerprint density at radius 3 is 2.55 bits per heavy atom. The molecule has 0 atom stereocenters. The Balaban J connectivity index is 1.85. The standard InChI is InChI=1S/C20H21N3O5S/c1-13-5-8-18-21-15(9-19(24)23(18)11-13)12-28-20(25)17-10-16(7-6-14(17)2)29(26,27)22(3)4/h5-11H,12H2,1-4H3. The number of ether oxygens (including phenoxy) is 1. The molecule has 3 aromatic rings. The smallest absolute Gasteiger partial charge is 0.338 e. The van der Waals surface area contributed by atoms with Crippen molar-refractivity contribution in [1.29, 1.82) is 0 Å². The first kappa shape index (κ1) is 20.7. The van der Waals surface area contributed by atoms with E-state index in [4.69, 9.17) is 4.74 Å². The highest BCUT2D eigenvalue weighted by molar-refractivity contribution is 7.89. The van der Waals surface area contributed by atoms with Gasteiger partial charge in [-0.2, -0.15) is 0 Å². The maximum atomic E-state index is 12.5. The number of carbonyl (C=O) groups is 1. The van der Waals surface area contributed by atoms with E-state index in [-0.39, 0.29) is 22.6 Å². The molecule has 0 radical (unpaired) electrons. The van der Waals surface area contributed by atoms with E-state index in [9.17, 15) is 18.0 Å². The number of esters is 1. The number of aryl methyl sites for hydroxylation is 2. The third-order valence-corrected chi connectivity index (χ3v) is 6.23. The van der Waals surface area contributed by atoms with Crippen LogP contribution in [0.15, 0.2) is 52.3 Å². The molecule has 0 unspecified atom stereocenters. The van der Waals surface area contributed by atoms with E-state index >= 15 is 0 Å². The van der Waals surface area contributed by atoms with Gasteiger partial charge in [0.2, 0.25) is 10.0 Å². The first-order valence-corrected chi connectivity index (χ1v) is 10.2. The molecule has 2 aromatic heterocycles. The predicted molar refractivity (Wildman–Crippen MR) is 107 cm³/mol. The lowest BCUT2D eigenvalue weighted by molar-refractivity contribution is 0.0466. The maximum absolute atomic E-state index is 12.5. The van der Waals surface area contributed by atoms with Gasteiger partial charge in [-0.15, -0.1) is 0 Å². The molecule has 0 saturated carbocycles. The molecule has 0 aliphatic heterocycles. The average molecular weight is 415 g/mol. The average Bonchev–Trinajstić information content (AvgIpc) is 2.66. The summed E-state index contributed by atoms with van der Waals surface area (Å²) >= 11 is 0. The minimum atomic E-state index is -3.68. The molecule has 0 amide bonds. The summed E-state index contributed by atoms with van der Waals surface area (Å²) in [5.41, 5.74) is 2.12. The van der Waals surface area contributed by atoms with E-state index in [2.05, 4.69) is 4.98 Å². The fraction of sp³-hybridized carbons (Fsp3) is 0.250. The highest BCUT2D eigenvalue weighted by atomic mass is 32.2. The first-order chi connectivity index (χ1) is 13.6. The Morgan fingerprint density at radius 1 is 1.14 bits per heavy atom. The monoisotopic (exact) mass is 415 g/mol. The van der Waals surface area contributed by atoms with Crippen molar-refractivity contribution in [2.45, 2.75) is 25.3 Å². The fourth-order valence-corrected chi connectivity index (χ4v) is 3.67. The van der Waals surface area contributed by atoms with Gasteiger partial charge in [-0.1, -0.05) is 12.1 Å². The molecule has 2 heterocycles. The van der Waals surface area contributed by atoms with E-state index in [1.807, 2.05) is 13.0 Å². The number of hydrogen-bond acceptors (Lipinski definition) is 6. The molecule has 0 spiro atoms. The summed E-state index contributed by atoms with van der Waals surface area (Å²) < 4.78 is 32.4. The Morgan fingerprint density at radius 2 is 1.86 bits per heavy atom. The lowest BCUT2D eigenvalue weighted by Gasteiger charge is -2.13. The van der Waals surface area contributed by atoms with Crippen LogP contribution in [0.2, 0.25) is 0 Å². The zero-order valence-corrected chi connectivity index (χ0v) is 17.4. The van der Waals surface area contributed by atoms with Crippen LogP contribution in [0.1, 0.15) is 27.2 Å². The third-order valence-electron chi connectivity index (χ3n) is 4.42. The number of benzene rings is 1. The number of sulfonamides is 1. The topological polar surface area (TPSA) is 98.0 Å². The number of aromatic nitrogens is 2. The van der Waals surface area contributed by atoms with Crippen LogP contribution in [-0.4, -0.2) is 42.2 Å². The van der Waals surface area contributed by atoms with Crippen LogP contribution in [0.5, 0.6) is 0 Å². The van der Waals surface area contributed by atoms with Crippen LogP contribution in [0, 0.1) is 13.8 Å². The molecule has 0 N–H and O–H groups in total. The van der Waals surface area contributed by atoms with Gasteiger partial charge in [-0.05, 0) is 43.2 Å². The van der Waals surface area contributed by atoms with E-state index in [1.54, 1.807) is 25.3 Å². The van der Waals surface area contributed by atoms with Gasteiger partial charge in [0.05, 0.1) is 16.2 Å². The lowest BCUT2D eigenvalue weighted by Crippen LogP contribution is -2.22. The Kier molecular flexibility index (Phi) is 5.54.